The predicted molar refractivity (Wildman–Crippen MR) is 121 cm³/mol. The maximum absolute atomic E-state index is 12.5. The second kappa shape index (κ2) is 12.8. The number of halogens is 3. The summed E-state index contributed by atoms with van der Waals surface area (Å²) in [5.41, 5.74) is 2.10. The molecule has 0 bridgehead atoms. The van der Waals surface area contributed by atoms with Crippen LogP contribution in [0.3, 0.4) is 0 Å². The first-order valence-electron chi connectivity index (χ1n) is 8.70. The van der Waals surface area contributed by atoms with Gasteiger partial charge in [-0.05, 0) is 55.0 Å². The summed E-state index contributed by atoms with van der Waals surface area (Å²) >= 11 is 1.69. The van der Waals surface area contributed by atoms with Crippen LogP contribution in [0.25, 0.3) is 0 Å². The number of nitrogens with one attached hydrogen (secondary N) is 2. The minimum Gasteiger partial charge on any atom is -0.493 e. The van der Waals surface area contributed by atoms with Crippen molar-refractivity contribution in [2.75, 3.05) is 20.2 Å². The molecule has 2 rings (SSSR count). The van der Waals surface area contributed by atoms with Gasteiger partial charge in [0.25, 0.3) is 0 Å². The third kappa shape index (κ3) is 7.78. The van der Waals surface area contributed by atoms with Crippen molar-refractivity contribution in [1.82, 2.24) is 10.6 Å². The number of ether oxygens (including phenoxy) is 2. The van der Waals surface area contributed by atoms with Crippen molar-refractivity contribution >= 4 is 41.3 Å². The number of benzene rings is 1. The van der Waals surface area contributed by atoms with Gasteiger partial charge in [0, 0.05) is 18.0 Å². The van der Waals surface area contributed by atoms with Gasteiger partial charge in [-0.15, -0.1) is 35.3 Å². The number of nitrogens with zero attached hydrogens (tertiary/aromatic N) is 1. The normalized spacial score (nSPS) is 11.1. The third-order valence-electron chi connectivity index (χ3n) is 3.84. The second-order valence-corrected chi connectivity index (χ2v) is 6.76. The molecule has 2 aromatic rings. The number of aliphatic imine (C=N–C) groups is 1. The molecule has 1 heterocycles. The summed E-state index contributed by atoms with van der Waals surface area (Å²) in [5, 5.41) is 8.53. The Kier molecular flexibility index (Phi) is 11.1. The van der Waals surface area contributed by atoms with Crippen LogP contribution in [0.5, 0.6) is 11.5 Å². The number of thiophene rings is 1. The fraction of sp³-hybridized carbons (Fsp3) is 0.421. The average molecular weight is 525 g/mol. The smallest absolute Gasteiger partial charge is 0.387 e. The van der Waals surface area contributed by atoms with Crippen LogP contribution in [0.1, 0.15) is 22.9 Å². The van der Waals surface area contributed by atoms with E-state index < -0.39 is 6.61 Å². The van der Waals surface area contributed by atoms with Gasteiger partial charge in [-0.25, -0.2) is 4.99 Å². The number of guanidine groups is 1. The zero-order valence-corrected chi connectivity index (χ0v) is 19.3. The highest BCUT2D eigenvalue weighted by molar-refractivity contribution is 14.0. The van der Waals surface area contributed by atoms with Crippen molar-refractivity contribution in [2.45, 2.75) is 33.4 Å². The van der Waals surface area contributed by atoms with E-state index in [4.69, 9.17) is 4.74 Å². The lowest BCUT2D eigenvalue weighted by atomic mass is 10.1. The van der Waals surface area contributed by atoms with E-state index in [-0.39, 0.29) is 35.5 Å². The lowest BCUT2D eigenvalue weighted by Gasteiger charge is -2.13. The topological polar surface area (TPSA) is 54.9 Å². The maximum Gasteiger partial charge on any atom is 0.387 e. The molecule has 2 N–H and O–H groups in total. The monoisotopic (exact) mass is 525 g/mol. The van der Waals surface area contributed by atoms with Crippen molar-refractivity contribution < 1.29 is 18.3 Å². The molecular formula is C19H26F2IN3O2S. The lowest BCUT2D eigenvalue weighted by molar-refractivity contribution is -0.0512. The van der Waals surface area contributed by atoms with Gasteiger partial charge in [0.2, 0.25) is 0 Å². The summed E-state index contributed by atoms with van der Waals surface area (Å²) in [4.78, 5) is 5.83. The van der Waals surface area contributed by atoms with Gasteiger partial charge in [-0.1, -0.05) is 6.07 Å². The molecule has 9 heteroatoms. The van der Waals surface area contributed by atoms with Gasteiger partial charge in [-0.3, -0.25) is 0 Å². The van der Waals surface area contributed by atoms with E-state index in [1.165, 1.54) is 17.6 Å². The highest BCUT2D eigenvalue weighted by Crippen LogP contribution is 2.29. The molecule has 0 amide bonds. The van der Waals surface area contributed by atoms with Crippen LogP contribution < -0.4 is 20.1 Å². The van der Waals surface area contributed by atoms with Crippen LogP contribution >= 0.6 is 35.3 Å². The van der Waals surface area contributed by atoms with E-state index in [0.717, 1.165) is 18.1 Å². The van der Waals surface area contributed by atoms with Crippen LogP contribution in [-0.2, 0) is 13.0 Å². The number of hydrogen-bond acceptors (Lipinski definition) is 4. The summed E-state index contributed by atoms with van der Waals surface area (Å²) in [6, 6.07) is 7.12. The molecule has 5 nitrogen and oxygen atoms in total. The first kappa shape index (κ1) is 24.4. The van der Waals surface area contributed by atoms with Crippen LogP contribution in [0.15, 0.2) is 34.6 Å². The fourth-order valence-corrected chi connectivity index (χ4v) is 3.28. The van der Waals surface area contributed by atoms with Crippen molar-refractivity contribution in [2.24, 2.45) is 4.99 Å². The summed E-state index contributed by atoms with van der Waals surface area (Å²) in [6.07, 6.45) is 0.631. The molecular weight excluding hydrogens is 499 g/mol. The molecule has 0 unspecified atom stereocenters. The molecule has 0 fully saturated rings. The van der Waals surface area contributed by atoms with Crippen molar-refractivity contribution in [3.8, 4) is 11.5 Å². The molecule has 1 aromatic carbocycles. The average Bonchev–Trinajstić information content (AvgIpc) is 3.04. The molecule has 0 aliphatic heterocycles. The highest BCUT2D eigenvalue weighted by atomic mass is 127. The summed E-state index contributed by atoms with van der Waals surface area (Å²) in [5.74, 6) is 1.05. The molecule has 0 saturated carbocycles. The highest BCUT2D eigenvalue weighted by Gasteiger charge is 2.11. The quantitative estimate of drug-likeness (QED) is 0.286. The van der Waals surface area contributed by atoms with Crippen LogP contribution in [0.2, 0.25) is 0 Å². The SMILES string of the molecule is CCNC(=NCc1sccc1C)NCCc1ccc(OC)c(OC(F)F)c1.I. The molecule has 0 atom stereocenters. The van der Waals surface area contributed by atoms with Gasteiger partial charge >= 0.3 is 6.61 Å². The van der Waals surface area contributed by atoms with Gasteiger partial charge in [-0.2, -0.15) is 8.78 Å². The number of alkyl halides is 2. The van der Waals surface area contributed by atoms with Crippen LogP contribution in [0.4, 0.5) is 8.78 Å². The molecule has 0 aliphatic carbocycles. The lowest BCUT2D eigenvalue weighted by Crippen LogP contribution is -2.38. The Balaban J connectivity index is 0.00000392. The Morgan fingerprint density at radius 1 is 1.21 bits per heavy atom. The van der Waals surface area contributed by atoms with E-state index in [2.05, 4.69) is 38.7 Å². The summed E-state index contributed by atoms with van der Waals surface area (Å²) in [6.45, 7) is 3.17. The van der Waals surface area contributed by atoms with Crippen molar-refractivity contribution in [3.05, 3.63) is 45.6 Å². The van der Waals surface area contributed by atoms with E-state index in [0.29, 0.717) is 19.5 Å². The van der Waals surface area contributed by atoms with E-state index in [1.54, 1.807) is 23.5 Å². The van der Waals surface area contributed by atoms with Crippen molar-refractivity contribution in [1.29, 1.82) is 0 Å². The zero-order valence-electron chi connectivity index (χ0n) is 16.1. The summed E-state index contributed by atoms with van der Waals surface area (Å²) in [7, 11) is 1.42. The number of aryl methyl sites for hydroxylation is 1. The molecule has 28 heavy (non-hydrogen) atoms. The largest absolute Gasteiger partial charge is 0.493 e. The van der Waals surface area contributed by atoms with Crippen molar-refractivity contribution in [3.63, 3.8) is 0 Å². The first-order chi connectivity index (χ1) is 13.0. The Bertz CT molecular complexity index is 757. The van der Waals surface area contributed by atoms with Gasteiger partial charge in [0.15, 0.2) is 17.5 Å². The Morgan fingerprint density at radius 3 is 2.61 bits per heavy atom. The number of hydrogen-bond donors (Lipinski definition) is 2. The second-order valence-electron chi connectivity index (χ2n) is 5.76. The van der Waals surface area contributed by atoms with Crippen LogP contribution in [-0.4, -0.2) is 32.8 Å². The Labute approximate surface area is 185 Å². The van der Waals surface area contributed by atoms with Gasteiger partial charge in [0.1, 0.15) is 0 Å². The van der Waals surface area contributed by atoms with E-state index >= 15 is 0 Å². The molecule has 0 aliphatic rings. The van der Waals surface area contributed by atoms with E-state index in [1.807, 2.05) is 13.0 Å². The zero-order chi connectivity index (χ0) is 19.6. The molecule has 0 radical (unpaired) electrons. The minimum absolute atomic E-state index is 0. The standard InChI is InChI=1S/C19H25F2N3O2S.HI/c1-4-22-19(24-12-17-13(2)8-10-27-17)23-9-7-14-5-6-15(25-3)16(11-14)26-18(20)21;/h5-6,8,10-11,18H,4,7,9,12H2,1-3H3,(H2,22,23,24);1H. The summed E-state index contributed by atoms with van der Waals surface area (Å²) < 4.78 is 34.6. The molecule has 0 spiro atoms. The van der Waals surface area contributed by atoms with E-state index in [9.17, 15) is 8.78 Å². The predicted octanol–water partition coefficient (Wildman–Crippen LogP) is 4.58. The van der Waals surface area contributed by atoms with Crippen LogP contribution in [0, 0.1) is 6.92 Å². The Morgan fingerprint density at radius 2 is 2.00 bits per heavy atom. The molecule has 0 saturated heterocycles. The third-order valence-corrected chi connectivity index (χ3v) is 4.85. The maximum atomic E-state index is 12.5. The minimum atomic E-state index is -2.89. The first-order valence-corrected chi connectivity index (χ1v) is 9.58. The number of rotatable bonds is 9. The van der Waals surface area contributed by atoms with Gasteiger partial charge < -0.3 is 20.1 Å². The molecule has 156 valence electrons. The Hall–Kier alpha value is -1.62. The molecule has 1 aromatic heterocycles. The fourth-order valence-electron chi connectivity index (χ4n) is 2.45. The van der Waals surface area contributed by atoms with Gasteiger partial charge in [0.05, 0.1) is 13.7 Å². The number of methoxy groups -OCH3 is 1.